The maximum absolute atomic E-state index is 11.4. The summed E-state index contributed by atoms with van der Waals surface area (Å²) in [5.74, 6) is -0.476. The van der Waals surface area contributed by atoms with E-state index >= 15 is 0 Å². The quantitative estimate of drug-likeness (QED) is 0.489. The number of esters is 1. The van der Waals surface area contributed by atoms with Crippen LogP contribution in [-0.2, 0) is 14.2 Å². The fraction of sp³-hybridized carbons (Fsp3) is 0.692. The predicted molar refractivity (Wildman–Crippen MR) is 72.9 cm³/mol. The van der Waals surface area contributed by atoms with E-state index < -0.39 is 5.97 Å². The summed E-state index contributed by atoms with van der Waals surface area (Å²) in [6.07, 6.45) is 3.14. The van der Waals surface area contributed by atoms with E-state index in [2.05, 4.69) is 10.3 Å². The lowest BCUT2D eigenvalue weighted by Gasteiger charge is -2.03. The standard InChI is InChI=1S/C13H22N2O5/c1-3-19-12(16)11-10-20-13(15-11)14-6-4-5-7-18-9-8-17-2/h10H,3-9H2,1-2H3,(H,14,15). The Labute approximate surface area is 118 Å². The van der Waals surface area contributed by atoms with Gasteiger partial charge >= 0.3 is 5.97 Å². The summed E-state index contributed by atoms with van der Waals surface area (Å²) in [4.78, 5) is 15.3. The van der Waals surface area contributed by atoms with Crippen molar-refractivity contribution in [1.29, 1.82) is 0 Å². The molecule has 0 aliphatic rings. The van der Waals surface area contributed by atoms with Gasteiger partial charge in [0.2, 0.25) is 0 Å². The highest BCUT2D eigenvalue weighted by Gasteiger charge is 2.12. The molecule has 114 valence electrons. The van der Waals surface area contributed by atoms with Crippen LogP contribution in [0, 0.1) is 0 Å². The van der Waals surface area contributed by atoms with E-state index in [9.17, 15) is 4.79 Å². The van der Waals surface area contributed by atoms with Crippen LogP contribution in [0.25, 0.3) is 0 Å². The SMILES string of the molecule is CCOC(=O)c1coc(NCCCCOCCOC)n1. The van der Waals surface area contributed by atoms with Gasteiger partial charge in [0.1, 0.15) is 6.26 Å². The van der Waals surface area contributed by atoms with Gasteiger partial charge in [0.05, 0.1) is 19.8 Å². The number of nitrogens with one attached hydrogen (secondary N) is 1. The lowest BCUT2D eigenvalue weighted by Crippen LogP contribution is -2.07. The summed E-state index contributed by atoms with van der Waals surface area (Å²) in [5, 5.41) is 3.00. The van der Waals surface area contributed by atoms with E-state index in [1.165, 1.54) is 6.26 Å². The Morgan fingerprint density at radius 1 is 1.35 bits per heavy atom. The Kier molecular flexibility index (Phi) is 8.41. The van der Waals surface area contributed by atoms with Crippen LogP contribution in [0.3, 0.4) is 0 Å². The molecule has 0 fully saturated rings. The second kappa shape index (κ2) is 10.2. The molecule has 0 unspecified atom stereocenters. The molecule has 1 heterocycles. The first-order valence-electron chi connectivity index (χ1n) is 6.71. The topological polar surface area (TPSA) is 82.8 Å². The summed E-state index contributed by atoms with van der Waals surface area (Å²) in [7, 11) is 1.65. The molecule has 20 heavy (non-hydrogen) atoms. The number of aromatic nitrogens is 1. The molecule has 0 amide bonds. The minimum Gasteiger partial charge on any atom is -0.461 e. The highest BCUT2D eigenvalue weighted by atomic mass is 16.5. The maximum atomic E-state index is 11.4. The third-order valence-corrected chi connectivity index (χ3v) is 2.41. The zero-order chi connectivity index (χ0) is 14.6. The van der Waals surface area contributed by atoms with Gasteiger partial charge in [-0.25, -0.2) is 4.79 Å². The van der Waals surface area contributed by atoms with Crippen LogP contribution in [-0.4, -0.2) is 51.0 Å². The molecule has 7 heteroatoms. The molecule has 0 radical (unpaired) electrons. The molecule has 1 aromatic rings. The van der Waals surface area contributed by atoms with Gasteiger partial charge in [0.25, 0.3) is 6.01 Å². The van der Waals surface area contributed by atoms with Crippen LogP contribution in [0.1, 0.15) is 30.3 Å². The summed E-state index contributed by atoms with van der Waals surface area (Å²) < 4.78 is 20.1. The number of hydrogen-bond acceptors (Lipinski definition) is 7. The van der Waals surface area contributed by atoms with Crippen molar-refractivity contribution < 1.29 is 23.4 Å². The second-order valence-corrected chi connectivity index (χ2v) is 4.00. The normalized spacial score (nSPS) is 10.5. The third kappa shape index (κ3) is 6.53. The molecular formula is C13H22N2O5. The average Bonchev–Trinajstić information content (AvgIpc) is 2.91. The monoisotopic (exact) mass is 286 g/mol. The highest BCUT2D eigenvalue weighted by Crippen LogP contribution is 2.08. The first kappa shape index (κ1) is 16.5. The van der Waals surface area contributed by atoms with Crippen LogP contribution in [0.5, 0.6) is 0 Å². The van der Waals surface area contributed by atoms with Crippen LogP contribution < -0.4 is 5.32 Å². The van der Waals surface area contributed by atoms with Gasteiger partial charge in [-0.05, 0) is 19.8 Å². The predicted octanol–water partition coefficient (Wildman–Crippen LogP) is 1.71. The number of rotatable bonds is 11. The van der Waals surface area contributed by atoms with Crippen molar-refractivity contribution in [3.05, 3.63) is 12.0 Å². The fourth-order valence-electron chi connectivity index (χ4n) is 1.42. The molecule has 0 bridgehead atoms. The average molecular weight is 286 g/mol. The van der Waals surface area contributed by atoms with E-state index in [1.54, 1.807) is 14.0 Å². The molecule has 0 aromatic carbocycles. The molecule has 1 rings (SSSR count). The van der Waals surface area contributed by atoms with E-state index in [1.807, 2.05) is 0 Å². The zero-order valence-electron chi connectivity index (χ0n) is 12.0. The Morgan fingerprint density at radius 3 is 2.95 bits per heavy atom. The first-order chi connectivity index (χ1) is 9.77. The molecule has 0 aliphatic heterocycles. The van der Waals surface area contributed by atoms with Crippen molar-refractivity contribution in [2.24, 2.45) is 0 Å². The summed E-state index contributed by atoms with van der Waals surface area (Å²) in [6.45, 7) is 4.70. The van der Waals surface area contributed by atoms with Gasteiger partial charge in [-0.1, -0.05) is 0 Å². The number of anilines is 1. The van der Waals surface area contributed by atoms with E-state index in [0.29, 0.717) is 39.0 Å². The molecule has 1 aromatic heterocycles. The first-order valence-corrected chi connectivity index (χ1v) is 6.71. The molecule has 0 aliphatic carbocycles. The lowest BCUT2D eigenvalue weighted by molar-refractivity contribution is 0.0519. The van der Waals surface area contributed by atoms with Crippen molar-refractivity contribution in [3.8, 4) is 0 Å². The molecule has 0 atom stereocenters. The van der Waals surface area contributed by atoms with Crippen LogP contribution in [0.2, 0.25) is 0 Å². The highest BCUT2D eigenvalue weighted by molar-refractivity contribution is 5.87. The van der Waals surface area contributed by atoms with Gasteiger partial charge in [0.15, 0.2) is 5.69 Å². The minimum atomic E-state index is -0.476. The van der Waals surface area contributed by atoms with Crippen LogP contribution >= 0.6 is 0 Å². The Morgan fingerprint density at radius 2 is 2.20 bits per heavy atom. The lowest BCUT2D eigenvalue weighted by atomic mass is 10.3. The summed E-state index contributed by atoms with van der Waals surface area (Å²) >= 11 is 0. The van der Waals surface area contributed by atoms with Crippen molar-refractivity contribution in [2.75, 3.05) is 45.4 Å². The maximum Gasteiger partial charge on any atom is 0.360 e. The number of oxazole rings is 1. The Balaban J connectivity index is 2.09. The van der Waals surface area contributed by atoms with Crippen LogP contribution in [0.15, 0.2) is 10.7 Å². The second-order valence-electron chi connectivity index (χ2n) is 4.00. The number of nitrogens with zero attached hydrogens (tertiary/aromatic N) is 1. The Bertz CT molecular complexity index is 381. The molecular weight excluding hydrogens is 264 g/mol. The summed E-state index contributed by atoms with van der Waals surface area (Å²) in [5.41, 5.74) is 0.178. The van der Waals surface area contributed by atoms with Gasteiger partial charge in [-0.2, -0.15) is 4.98 Å². The van der Waals surface area contributed by atoms with Crippen molar-refractivity contribution in [2.45, 2.75) is 19.8 Å². The number of carbonyl (C=O) groups excluding carboxylic acids is 1. The van der Waals surface area contributed by atoms with Gasteiger partial charge < -0.3 is 23.9 Å². The zero-order valence-corrected chi connectivity index (χ0v) is 12.0. The van der Waals surface area contributed by atoms with Crippen molar-refractivity contribution in [3.63, 3.8) is 0 Å². The third-order valence-electron chi connectivity index (χ3n) is 2.41. The Hall–Kier alpha value is -1.60. The largest absolute Gasteiger partial charge is 0.461 e. The minimum absolute atomic E-state index is 0.178. The van der Waals surface area contributed by atoms with E-state index in [0.717, 1.165) is 12.8 Å². The van der Waals surface area contributed by atoms with Gasteiger partial charge in [-0.15, -0.1) is 0 Å². The smallest absolute Gasteiger partial charge is 0.360 e. The van der Waals surface area contributed by atoms with Crippen molar-refractivity contribution >= 4 is 12.0 Å². The number of hydrogen-bond donors (Lipinski definition) is 1. The number of methoxy groups -OCH3 is 1. The molecule has 7 nitrogen and oxygen atoms in total. The fourth-order valence-corrected chi connectivity index (χ4v) is 1.42. The number of carbonyl (C=O) groups is 1. The summed E-state index contributed by atoms with van der Waals surface area (Å²) in [6, 6.07) is 0.327. The molecule has 0 saturated heterocycles. The molecule has 0 saturated carbocycles. The van der Waals surface area contributed by atoms with Crippen molar-refractivity contribution in [1.82, 2.24) is 4.98 Å². The van der Waals surface area contributed by atoms with E-state index in [-0.39, 0.29) is 5.69 Å². The number of unbranched alkanes of at least 4 members (excludes halogenated alkanes) is 1. The molecule has 0 spiro atoms. The number of ether oxygens (including phenoxy) is 3. The van der Waals surface area contributed by atoms with E-state index in [4.69, 9.17) is 18.6 Å². The van der Waals surface area contributed by atoms with Crippen LogP contribution in [0.4, 0.5) is 6.01 Å². The van der Waals surface area contributed by atoms with Gasteiger partial charge in [0, 0.05) is 20.3 Å². The molecule has 1 N–H and O–H groups in total. The van der Waals surface area contributed by atoms with Gasteiger partial charge in [-0.3, -0.25) is 0 Å².